The molecule has 1 aromatic carbocycles. The number of rotatable bonds is 16. The lowest BCUT2D eigenvalue weighted by atomic mass is 9.61. The van der Waals surface area contributed by atoms with Crippen molar-refractivity contribution in [2.45, 2.75) is 61.8 Å². The van der Waals surface area contributed by atoms with Gasteiger partial charge in [-0.3, -0.25) is 14.5 Å². The molecule has 14 heteroatoms. The lowest BCUT2D eigenvalue weighted by Gasteiger charge is -2.45. The number of hydrogen-bond donors (Lipinski definition) is 1. The Bertz CT molecular complexity index is 1790. The Labute approximate surface area is 304 Å². The maximum Gasteiger partial charge on any atom is 0.404 e. The van der Waals surface area contributed by atoms with Gasteiger partial charge in [0, 0.05) is 12.4 Å². The molecule has 1 N–H and O–H groups in total. The van der Waals surface area contributed by atoms with Crippen molar-refractivity contribution in [1.82, 2.24) is 10.1 Å². The van der Waals surface area contributed by atoms with Gasteiger partial charge in [-0.2, -0.15) is 0 Å². The van der Waals surface area contributed by atoms with Crippen LogP contribution in [-0.2, 0) is 28.9 Å². The summed E-state index contributed by atoms with van der Waals surface area (Å²) in [5, 5.41) is 1.36. The molecule has 2 aromatic rings. The molecule has 0 unspecified atom stereocenters. The zero-order valence-electron chi connectivity index (χ0n) is 29.1. The fourth-order valence-electron chi connectivity index (χ4n) is 6.56. The van der Waals surface area contributed by atoms with Crippen molar-refractivity contribution < 1.29 is 41.4 Å². The van der Waals surface area contributed by atoms with E-state index in [1.807, 2.05) is 0 Å². The Balaban J connectivity index is 1.09. The molecule has 12 nitrogen and oxygen atoms in total. The number of likely N-dealkylation sites (tertiary alicyclic amines) is 1. The first-order valence-electron chi connectivity index (χ1n) is 17.0. The van der Waals surface area contributed by atoms with Gasteiger partial charge in [0.15, 0.2) is 13.2 Å². The highest BCUT2D eigenvalue weighted by Gasteiger charge is 2.40. The number of nitrogens with one attached hydrogen (secondary N) is 1. The highest BCUT2D eigenvalue weighted by atomic mass is 35.5. The Morgan fingerprint density at radius 2 is 1.75 bits per heavy atom. The molecule has 1 aliphatic heterocycles. The van der Waals surface area contributed by atoms with Crippen molar-refractivity contribution in [2.24, 2.45) is 23.2 Å². The second-order valence-electron chi connectivity index (χ2n) is 13.3. The van der Waals surface area contributed by atoms with E-state index >= 15 is 0 Å². The van der Waals surface area contributed by atoms with Crippen LogP contribution in [0.15, 0.2) is 81.8 Å². The first-order valence-corrected chi connectivity index (χ1v) is 19.0. The molecular weight excluding hydrogens is 698 g/mol. The second-order valence-corrected chi connectivity index (χ2v) is 15.4. The van der Waals surface area contributed by atoms with E-state index in [4.69, 9.17) is 25.8 Å². The largest absolute Gasteiger partial charge is 0.465 e. The fourth-order valence-corrected chi connectivity index (χ4v) is 8.06. The zero-order chi connectivity index (χ0) is 37.0. The summed E-state index contributed by atoms with van der Waals surface area (Å²) < 4.78 is 45.7. The number of halogens is 1. The van der Waals surface area contributed by atoms with E-state index in [0.717, 1.165) is 57.3 Å². The van der Waals surface area contributed by atoms with Crippen LogP contribution in [0.2, 0.25) is 0 Å². The van der Waals surface area contributed by atoms with Crippen LogP contribution in [0.25, 0.3) is 0 Å². The molecular formula is C37H47ClN3O9S+. The molecule has 4 rings (SSSR count). The number of ether oxygens (including phenoxy) is 3. The average molecular weight is 745 g/mol. The number of piperidine rings is 1. The summed E-state index contributed by atoms with van der Waals surface area (Å²) in [5.74, 6) is 5.04. The molecule has 0 radical (unpaired) electrons. The van der Waals surface area contributed by atoms with Crippen LogP contribution in [-0.4, -0.2) is 75.7 Å². The van der Waals surface area contributed by atoms with Gasteiger partial charge in [0.05, 0.1) is 24.3 Å². The molecule has 1 aliphatic carbocycles. The number of benzene rings is 1. The van der Waals surface area contributed by atoms with E-state index in [1.165, 1.54) is 29.8 Å². The molecule has 1 aromatic heterocycles. The first kappa shape index (κ1) is 39.7. The second kappa shape index (κ2) is 18.4. The molecule has 2 heterocycles. The highest BCUT2D eigenvalue weighted by Crippen LogP contribution is 2.49. The van der Waals surface area contributed by atoms with Crippen LogP contribution >= 0.6 is 11.6 Å². The Morgan fingerprint density at radius 3 is 2.41 bits per heavy atom. The van der Waals surface area contributed by atoms with Crippen LogP contribution in [0.5, 0.6) is 5.88 Å². The summed E-state index contributed by atoms with van der Waals surface area (Å²) in [6.45, 7) is 17.4. The van der Waals surface area contributed by atoms with Gasteiger partial charge in [-0.15, -0.1) is 18.2 Å². The van der Waals surface area contributed by atoms with Gasteiger partial charge in [0.25, 0.3) is 9.84 Å². The van der Waals surface area contributed by atoms with Gasteiger partial charge in [0.1, 0.15) is 0 Å². The number of carbonyl (C=O) groups excluding carboxylic acids is 2. The quantitative estimate of drug-likeness (QED) is 0.104. The van der Waals surface area contributed by atoms with Gasteiger partial charge < -0.3 is 14.2 Å². The van der Waals surface area contributed by atoms with E-state index in [2.05, 4.69) is 59.3 Å². The third-order valence-electron chi connectivity index (χ3n) is 9.81. The minimum atomic E-state index is -4.22. The van der Waals surface area contributed by atoms with E-state index in [0.29, 0.717) is 24.3 Å². The van der Waals surface area contributed by atoms with Crippen LogP contribution in [0.4, 0.5) is 0 Å². The SMILES string of the molecule is C=C[C@]1(C)CC[C@@H](C(=C)CN2CCC(COC(=O)CCC(=O)OCC#CCOc3[nH]o[n+](=O)c3S(=O)(=O)c3ccccc3)CC2)C[C@H]1C(=C)CCl. The average Bonchev–Trinajstić information content (AvgIpc) is 3.52. The third-order valence-corrected chi connectivity index (χ3v) is 11.9. The van der Waals surface area contributed by atoms with Gasteiger partial charge in [-0.1, -0.05) is 72.0 Å². The van der Waals surface area contributed by atoms with Crippen molar-refractivity contribution in [3.63, 3.8) is 0 Å². The monoisotopic (exact) mass is 744 g/mol. The number of nitrogens with zero attached hydrogens (tertiary/aromatic N) is 2. The molecule has 1 saturated carbocycles. The summed E-state index contributed by atoms with van der Waals surface area (Å²) in [4.78, 5) is 38.6. The number of H-pyrrole nitrogens is 1. The van der Waals surface area contributed by atoms with Crippen LogP contribution in [0.1, 0.15) is 51.9 Å². The minimum Gasteiger partial charge on any atom is -0.465 e. The van der Waals surface area contributed by atoms with E-state index in [-0.39, 0.29) is 46.9 Å². The summed E-state index contributed by atoms with van der Waals surface area (Å²) in [6.07, 6.45) is 6.74. The Hall–Kier alpha value is -4.12. The minimum absolute atomic E-state index is 0.0157. The summed E-state index contributed by atoms with van der Waals surface area (Å²) >= 11 is 6.17. The molecule has 0 amide bonds. The van der Waals surface area contributed by atoms with Crippen LogP contribution in [0.3, 0.4) is 0 Å². The number of aromatic nitrogens is 2. The van der Waals surface area contributed by atoms with Gasteiger partial charge in [0.2, 0.25) is 4.60 Å². The summed E-state index contributed by atoms with van der Waals surface area (Å²) in [6, 6.07) is 7.32. The van der Waals surface area contributed by atoms with E-state index in [9.17, 15) is 22.9 Å². The summed E-state index contributed by atoms with van der Waals surface area (Å²) in [7, 11) is -4.22. The van der Waals surface area contributed by atoms with Crippen molar-refractivity contribution in [2.75, 3.05) is 45.3 Å². The molecule has 3 atom stereocenters. The number of allylic oxidation sites excluding steroid dienone is 2. The number of aromatic amines is 1. The fraction of sp³-hybridized carbons (Fsp3) is 0.514. The number of carbonyl (C=O) groups is 2. The number of alkyl halides is 1. The molecule has 0 spiro atoms. The van der Waals surface area contributed by atoms with Gasteiger partial charge in [-0.25, -0.2) is 8.42 Å². The highest BCUT2D eigenvalue weighted by molar-refractivity contribution is 7.91. The van der Waals surface area contributed by atoms with Crippen molar-refractivity contribution in [3.05, 3.63) is 72.2 Å². The van der Waals surface area contributed by atoms with Crippen molar-refractivity contribution in [1.29, 1.82) is 0 Å². The van der Waals surface area contributed by atoms with E-state index in [1.54, 1.807) is 6.07 Å². The topological polar surface area (TPSA) is 151 Å². The lowest BCUT2D eigenvalue weighted by molar-refractivity contribution is -0.744. The molecule has 1 saturated heterocycles. The standard InChI is InChI=1S/C37H47ClN3O9S/c1-5-37(4)18-15-30(23-32(37)27(2)24-38)28(3)25-40-19-16-29(17-20-40)26-49-34(43)14-13-33(42)47-21-9-10-22-48-35-36(41(44)50-39-35)51(45,46)31-11-7-6-8-12-31/h5-8,11-12,29-30,32,39H,1-3,13-26H2,4H3/q+1/t30-,32+,37-/m1/s1. The Morgan fingerprint density at radius 1 is 1.08 bits per heavy atom. The lowest BCUT2D eigenvalue weighted by Crippen LogP contribution is -2.39. The third kappa shape index (κ3) is 10.7. The summed E-state index contributed by atoms with van der Waals surface area (Å²) in [5.41, 5.74) is 2.34. The maximum absolute atomic E-state index is 12.8. The molecule has 0 bridgehead atoms. The number of sulfone groups is 1. The van der Waals surface area contributed by atoms with Gasteiger partial charge >= 0.3 is 22.8 Å². The maximum atomic E-state index is 12.8. The Kier molecular flexibility index (Phi) is 14.3. The zero-order valence-corrected chi connectivity index (χ0v) is 30.6. The molecule has 276 valence electrons. The normalized spacial score (nSPS) is 21.1. The smallest absolute Gasteiger partial charge is 0.404 e. The van der Waals surface area contributed by atoms with Crippen LogP contribution < -0.4 is 9.34 Å². The number of hydrogen-bond acceptors (Lipinski definition) is 10. The predicted molar refractivity (Wildman–Crippen MR) is 190 cm³/mol. The predicted octanol–water partition coefficient (Wildman–Crippen LogP) is 5.28. The van der Waals surface area contributed by atoms with E-state index < -0.39 is 32.7 Å². The van der Waals surface area contributed by atoms with Crippen molar-refractivity contribution >= 4 is 33.4 Å². The molecule has 2 fully saturated rings. The first-order chi connectivity index (χ1) is 24.4. The number of esters is 2. The molecule has 2 aliphatic rings. The van der Waals surface area contributed by atoms with Crippen molar-refractivity contribution in [3.8, 4) is 17.7 Å². The van der Waals surface area contributed by atoms with Crippen LogP contribution in [0, 0.1) is 39.9 Å². The molecule has 51 heavy (non-hydrogen) atoms. The van der Waals surface area contributed by atoms with Gasteiger partial charge in [-0.05, 0) is 90.6 Å².